The molecule has 1 N–H and O–H groups in total. The van der Waals surface area contributed by atoms with Crippen molar-refractivity contribution in [2.24, 2.45) is 11.8 Å². The summed E-state index contributed by atoms with van der Waals surface area (Å²) < 4.78 is 0. The molecule has 2 aliphatic rings. The van der Waals surface area contributed by atoms with E-state index in [0.717, 1.165) is 23.9 Å². The molecule has 124 valence electrons. The predicted molar refractivity (Wildman–Crippen MR) is 92.7 cm³/mol. The van der Waals surface area contributed by atoms with Gasteiger partial charge in [-0.1, -0.05) is 40.0 Å². The molecule has 2 heteroatoms. The van der Waals surface area contributed by atoms with Crippen LogP contribution in [0.3, 0.4) is 0 Å². The maximum atomic E-state index is 3.87. The third-order valence-electron chi connectivity index (χ3n) is 5.87. The van der Waals surface area contributed by atoms with Gasteiger partial charge in [-0.15, -0.1) is 0 Å². The molecule has 0 bridgehead atoms. The normalized spacial score (nSPS) is 30.6. The molecule has 2 fully saturated rings. The SMILES string of the molecule is CCCNC1CCC(CCC)CC1N(CC)CC1CCC1. The lowest BCUT2D eigenvalue weighted by molar-refractivity contribution is 0.0699. The lowest BCUT2D eigenvalue weighted by Crippen LogP contribution is -2.54. The minimum atomic E-state index is 0.748. The van der Waals surface area contributed by atoms with E-state index in [2.05, 4.69) is 31.0 Å². The summed E-state index contributed by atoms with van der Waals surface area (Å²) in [5.41, 5.74) is 0. The summed E-state index contributed by atoms with van der Waals surface area (Å²) in [6.45, 7) is 10.8. The smallest absolute Gasteiger partial charge is 0.0251 e. The molecule has 0 aromatic rings. The number of nitrogens with one attached hydrogen (secondary N) is 1. The van der Waals surface area contributed by atoms with Crippen molar-refractivity contribution in [3.05, 3.63) is 0 Å². The fraction of sp³-hybridized carbons (Fsp3) is 1.00. The summed E-state index contributed by atoms with van der Waals surface area (Å²) in [7, 11) is 0. The molecule has 0 amide bonds. The van der Waals surface area contributed by atoms with Crippen LogP contribution in [0.25, 0.3) is 0 Å². The van der Waals surface area contributed by atoms with Crippen molar-refractivity contribution in [3.63, 3.8) is 0 Å². The number of rotatable bonds is 9. The molecule has 0 spiro atoms. The highest BCUT2D eigenvalue weighted by molar-refractivity contribution is 4.92. The Balaban J connectivity index is 1.95. The topological polar surface area (TPSA) is 15.3 Å². The molecule has 2 nitrogen and oxygen atoms in total. The maximum Gasteiger partial charge on any atom is 0.0251 e. The van der Waals surface area contributed by atoms with Crippen molar-refractivity contribution in [2.45, 2.75) is 90.6 Å². The van der Waals surface area contributed by atoms with Crippen LogP contribution >= 0.6 is 0 Å². The number of hydrogen-bond donors (Lipinski definition) is 1. The quantitative estimate of drug-likeness (QED) is 0.676. The van der Waals surface area contributed by atoms with Gasteiger partial charge in [0, 0.05) is 18.6 Å². The molecule has 0 saturated heterocycles. The van der Waals surface area contributed by atoms with Crippen molar-refractivity contribution >= 4 is 0 Å². The molecule has 0 aromatic heterocycles. The summed E-state index contributed by atoms with van der Waals surface area (Å²) in [6.07, 6.45) is 12.8. The van der Waals surface area contributed by atoms with Crippen molar-refractivity contribution in [1.29, 1.82) is 0 Å². The first-order valence-electron chi connectivity index (χ1n) is 9.75. The van der Waals surface area contributed by atoms with E-state index in [4.69, 9.17) is 0 Å². The van der Waals surface area contributed by atoms with Gasteiger partial charge in [0.05, 0.1) is 0 Å². The third kappa shape index (κ3) is 4.96. The molecule has 0 aromatic carbocycles. The van der Waals surface area contributed by atoms with E-state index >= 15 is 0 Å². The van der Waals surface area contributed by atoms with Crippen molar-refractivity contribution in [3.8, 4) is 0 Å². The molecule has 0 aliphatic heterocycles. The Morgan fingerprint density at radius 2 is 1.76 bits per heavy atom. The fourth-order valence-electron chi connectivity index (χ4n) is 4.38. The van der Waals surface area contributed by atoms with Gasteiger partial charge in [0.1, 0.15) is 0 Å². The molecule has 0 radical (unpaired) electrons. The lowest BCUT2D eigenvalue weighted by atomic mass is 9.78. The summed E-state index contributed by atoms with van der Waals surface area (Å²) in [5, 5.41) is 3.87. The number of nitrogens with zero attached hydrogens (tertiary/aromatic N) is 1. The largest absolute Gasteiger partial charge is 0.312 e. The van der Waals surface area contributed by atoms with Crippen LogP contribution in [0, 0.1) is 11.8 Å². The zero-order chi connectivity index (χ0) is 15.1. The fourth-order valence-corrected chi connectivity index (χ4v) is 4.38. The molecule has 2 rings (SSSR count). The van der Waals surface area contributed by atoms with Crippen LogP contribution in [0.2, 0.25) is 0 Å². The average molecular weight is 295 g/mol. The third-order valence-corrected chi connectivity index (χ3v) is 5.87. The summed E-state index contributed by atoms with van der Waals surface area (Å²) in [5.74, 6) is 1.98. The second kappa shape index (κ2) is 9.15. The summed E-state index contributed by atoms with van der Waals surface area (Å²) >= 11 is 0. The molecular weight excluding hydrogens is 256 g/mol. The molecule has 21 heavy (non-hydrogen) atoms. The Kier molecular flexibility index (Phi) is 7.53. The first-order chi connectivity index (χ1) is 10.3. The van der Waals surface area contributed by atoms with Crippen LogP contribution in [-0.4, -0.2) is 36.6 Å². The van der Waals surface area contributed by atoms with Crippen LogP contribution in [0.5, 0.6) is 0 Å². The highest BCUT2D eigenvalue weighted by atomic mass is 15.2. The zero-order valence-corrected chi connectivity index (χ0v) is 14.7. The van der Waals surface area contributed by atoms with Crippen molar-refractivity contribution in [1.82, 2.24) is 10.2 Å². The van der Waals surface area contributed by atoms with Crippen molar-refractivity contribution in [2.75, 3.05) is 19.6 Å². The highest BCUT2D eigenvalue weighted by Crippen LogP contribution is 2.34. The van der Waals surface area contributed by atoms with E-state index < -0.39 is 0 Å². The Labute approximate surface area is 133 Å². The van der Waals surface area contributed by atoms with Gasteiger partial charge in [0.15, 0.2) is 0 Å². The molecule has 3 atom stereocenters. The molecule has 0 heterocycles. The van der Waals surface area contributed by atoms with Crippen LogP contribution in [0.15, 0.2) is 0 Å². The van der Waals surface area contributed by atoms with E-state index in [9.17, 15) is 0 Å². The van der Waals surface area contributed by atoms with Gasteiger partial charge in [-0.25, -0.2) is 0 Å². The monoisotopic (exact) mass is 294 g/mol. The zero-order valence-electron chi connectivity index (χ0n) is 14.7. The standard InChI is InChI=1S/C19H38N2/c1-4-8-16-11-12-18(20-13-5-2)19(14-16)21(6-3)15-17-9-7-10-17/h16-20H,4-15H2,1-3H3. The van der Waals surface area contributed by atoms with Crippen LogP contribution in [0.4, 0.5) is 0 Å². The Morgan fingerprint density at radius 1 is 0.952 bits per heavy atom. The average Bonchev–Trinajstić information content (AvgIpc) is 2.45. The van der Waals surface area contributed by atoms with Gasteiger partial charge in [0.25, 0.3) is 0 Å². The van der Waals surface area contributed by atoms with E-state index in [0.29, 0.717) is 0 Å². The van der Waals surface area contributed by atoms with Crippen LogP contribution < -0.4 is 5.32 Å². The van der Waals surface area contributed by atoms with Gasteiger partial charge >= 0.3 is 0 Å². The first kappa shape index (κ1) is 17.3. The highest BCUT2D eigenvalue weighted by Gasteiger charge is 2.34. The van der Waals surface area contributed by atoms with E-state index in [1.165, 1.54) is 77.4 Å². The minimum absolute atomic E-state index is 0.748. The summed E-state index contributed by atoms with van der Waals surface area (Å²) in [4.78, 5) is 2.83. The lowest BCUT2D eigenvalue weighted by Gasteiger charge is -2.45. The van der Waals surface area contributed by atoms with Gasteiger partial charge in [-0.05, 0) is 63.5 Å². The Bertz CT molecular complexity index is 275. The number of likely N-dealkylation sites (N-methyl/N-ethyl adjacent to an activating group) is 1. The Morgan fingerprint density at radius 3 is 2.33 bits per heavy atom. The van der Waals surface area contributed by atoms with Crippen LogP contribution in [-0.2, 0) is 0 Å². The van der Waals surface area contributed by atoms with Crippen molar-refractivity contribution < 1.29 is 0 Å². The van der Waals surface area contributed by atoms with E-state index in [-0.39, 0.29) is 0 Å². The number of hydrogen-bond acceptors (Lipinski definition) is 2. The predicted octanol–water partition coefficient (Wildman–Crippen LogP) is 4.45. The van der Waals surface area contributed by atoms with E-state index in [1.807, 2.05) is 0 Å². The maximum absolute atomic E-state index is 3.87. The first-order valence-corrected chi connectivity index (χ1v) is 9.75. The molecular formula is C19H38N2. The molecule has 3 unspecified atom stereocenters. The second-order valence-electron chi connectivity index (χ2n) is 7.48. The van der Waals surface area contributed by atoms with Crippen LogP contribution in [0.1, 0.15) is 78.6 Å². The van der Waals surface area contributed by atoms with Gasteiger partial charge < -0.3 is 5.32 Å². The van der Waals surface area contributed by atoms with Gasteiger partial charge in [-0.3, -0.25) is 4.90 Å². The minimum Gasteiger partial charge on any atom is -0.312 e. The summed E-state index contributed by atoms with van der Waals surface area (Å²) in [6, 6.07) is 1.55. The van der Waals surface area contributed by atoms with Gasteiger partial charge in [0.2, 0.25) is 0 Å². The second-order valence-corrected chi connectivity index (χ2v) is 7.48. The van der Waals surface area contributed by atoms with Gasteiger partial charge in [-0.2, -0.15) is 0 Å². The molecule has 2 saturated carbocycles. The molecule has 2 aliphatic carbocycles. The van der Waals surface area contributed by atoms with E-state index in [1.54, 1.807) is 0 Å². The Hall–Kier alpha value is -0.0800.